The molecule has 0 unspecified atom stereocenters. The van der Waals surface area contributed by atoms with Crippen molar-refractivity contribution in [1.82, 2.24) is 10.6 Å². The Kier molecular flexibility index (Phi) is 3.89. The van der Waals surface area contributed by atoms with Gasteiger partial charge in [0.25, 0.3) is 0 Å². The highest BCUT2D eigenvalue weighted by atomic mass is 16.7. The summed E-state index contributed by atoms with van der Waals surface area (Å²) >= 11 is 0. The zero-order chi connectivity index (χ0) is 15.7. The lowest BCUT2D eigenvalue weighted by Crippen LogP contribution is -2.53. The Hall–Kier alpha value is -1.75. The van der Waals surface area contributed by atoms with Crippen LogP contribution in [0.1, 0.15) is 37.7 Å². The fourth-order valence-corrected chi connectivity index (χ4v) is 3.90. The minimum atomic E-state index is 0.0338. The van der Waals surface area contributed by atoms with E-state index in [4.69, 9.17) is 9.47 Å². The number of carbonyl (C=O) groups is 1. The molecule has 1 saturated heterocycles. The van der Waals surface area contributed by atoms with Crippen LogP contribution in [0.25, 0.3) is 0 Å². The number of benzene rings is 1. The Labute approximate surface area is 136 Å². The van der Waals surface area contributed by atoms with Crippen LogP contribution >= 0.6 is 0 Å². The van der Waals surface area contributed by atoms with E-state index in [0.717, 1.165) is 44.0 Å². The third-order valence-corrected chi connectivity index (χ3v) is 5.55. The van der Waals surface area contributed by atoms with Gasteiger partial charge in [0.2, 0.25) is 12.7 Å². The molecule has 0 radical (unpaired) electrons. The van der Waals surface area contributed by atoms with E-state index in [1.54, 1.807) is 0 Å². The second-order valence-corrected chi connectivity index (χ2v) is 6.98. The Balaban J connectivity index is 1.54. The van der Waals surface area contributed by atoms with E-state index in [-0.39, 0.29) is 17.2 Å². The summed E-state index contributed by atoms with van der Waals surface area (Å²) in [6.07, 6.45) is 5.96. The summed E-state index contributed by atoms with van der Waals surface area (Å²) in [6, 6.07) is 6.27. The molecule has 2 fully saturated rings. The van der Waals surface area contributed by atoms with Crippen LogP contribution in [0.3, 0.4) is 0 Å². The van der Waals surface area contributed by atoms with Gasteiger partial charge in [0.1, 0.15) is 0 Å². The van der Waals surface area contributed by atoms with E-state index in [2.05, 4.69) is 22.8 Å². The Morgan fingerprint density at radius 3 is 2.70 bits per heavy atom. The summed E-state index contributed by atoms with van der Waals surface area (Å²) in [5, 5.41) is 6.37. The van der Waals surface area contributed by atoms with Gasteiger partial charge in [-0.15, -0.1) is 0 Å². The smallest absolute Gasteiger partial charge is 0.231 e. The van der Waals surface area contributed by atoms with Crippen LogP contribution in [0.2, 0.25) is 0 Å². The van der Waals surface area contributed by atoms with E-state index in [1.165, 1.54) is 24.8 Å². The van der Waals surface area contributed by atoms with Gasteiger partial charge in [-0.1, -0.05) is 25.3 Å². The molecule has 3 aliphatic rings. The molecule has 1 aromatic carbocycles. The normalized spacial score (nSPS) is 22.4. The van der Waals surface area contributed by atoms with Crippen molar-refractivity contribution in [2.75, 3.05) is 26.4 Å². The van der Waals surface area contributed by atoms with Crippen LogP contribution in [-0.2, 0) is 10.2 Å². The second-order valence-electron chi connectivity index (χ2n) is 6.98. The zero-order valence-electron chi connectivity index (χ0n) is 13.4. The van der Waals surface area contributed by atoms with Crippen LogP contribution < -0.4 is 20.1 Å². The zero-order valence-corrected chi connectivity index (χ0v) is 13.4. The number of nitrogens with one attached hydrogen (secondary N) is 2. The number of rotatable bonds is 4. The van der Waals surface area contributed by atoms with E-state index < -0.39 is 0 Å². The van der Waals surface area contributed by atoms with Crippen molar-refractivity contribution in [2.24, 2.45) is 5.92 Å². The first-order valence-corrected chi connectivity index (χ1v) is 8.65. The van der Waals surface area contributed by atoms with E-state index in [9.17, 15) is 4.79 Å². The maximum atomic E-state index is 12.2. The maximum absolute atomic E-state index is 12.2. The fourth-order valence-electron chi connectivity index (χ4n) is 3.90. The van der Waals surface area contributed by atoms with E-state index in [0.29, 0.717) is 6.79 Å². The molecule has 0 aromatic heterocycles. The Morgan fingerprint density at radius 2 is 1.96 bits per heavy atom. The summed E-state index contributed by atoms with van der Waals surface area (Å²) in [5.74, 6) is 1.99. The number of hydrogen-bond acceptors (Lipinski definition) is 4. The molecule has 5 heteroatoms. The molecule has 2 heterocycles. The first-order chi connectivity index (χ1) is 11.3. The first-order valence-electron chi connectivity index (χ1n) is 8.65. The minimum Gasteiger partial charge on any atom is -0.454 e. The molecule has 1 aliphatic carbocycles. The van der Waals surface area contributed by atoms with Crippen molar-refractivity contribution in [3.63, 3.8) is 0 Å². The molecule has 5 nitrogen and oxygen atoms in total. The fraction of sp³-hybridized carbons (Fsp3) is 0.611. The van der Waals surface area contributed by atoms with Gasteiger partial charge in [-0.3, -0.25) is 4.79 Å². The van der Waals surface area contributed by atoms with Crippen molar-refractivity contribution in [3.8, 4) is 11.5 Å². The quantitative estimate of drug-likeness (QED) is 0.891. The summed E-state index contributed by atoms with van der Waals surface area (Å²) in [5.41, 5.74) is 1.31. The van der Waals surface area contributed by atoms with Crippen LogP contribution in [0.5, 0.6) is 11.5 Å². The van der Waals surface area contributed by atoms with E-state index >= 15 is 0 Å². The molecule has 1 saturated carbocycles. The molecule has 2 aliphatic heterocycles. The molecule has 0 spiro atoms. The highest BCUT2D eigenvalue weighted by Gasteiger charge is 2.36. The van der Waals surface area contributed by atoms with Gasteiger partial charge in [0, 0.05) is 25.0 Å². The monoisotopic (exact) mass is 316 g/mol. The highest BCUT2D eigenvalue weighted by Crippen LogP contribution is 2.43. The van der Waals surface area contributed by atoms with Gasteiger partial charge in [-0.05, 0) is 30.5 Å². The standard InChI is InChI=1S/C18H24N2O3/c21-17(13-9-19-10-13)20-11-18(6-2-1-3-7-18)14-4-5-15-16(8-14)23-12-22-15/h4-5,8,13,19H,1-3,6-7,9-12H2,(H,20,21). The van der Waals surface area contributed by atoms with Crippen LogP contribution in [0, 0.1) is 5.92 Å². The van der Waals surface area contributed by atoms with Crippen LogP contribution in [-0.4, -0.2) is 32.3 Å². The summed E-state index contributed by atoms with van der Waals surface area (Å²) in [7, 11) is 0. The summed E-state index contributed by atoms with van der Waals surface area (Å²) in [4.78, 5) is 12.2. The SMILES string of the molecule is O=C(NCC1(c2ccc3c(c2)OCO3)CCCCC1)C1CNC1. The molecular formula is C18H24N2O3. The largest absolute Gasteiger partial charge is 0.454 e. The second kappa shape index (κ2) is 6.04. The van der Waals surface area contributed by atoms with Crippen molar-refractivity contribution in [3.05, 3.63) is 23.8 Å². The number of ether oxygens (including phenoxy) is 2. The van der Waals surface area contributed by atoms with Gasteiger partial charge < -0.3 is 20.1 Å². The summed E-state index contributed by atoms with van der Waals surface area (Å²) < 4.78 is 11.0. The molecule has 1 aromatic rings. The van der Waals surface area contributed by atoms with Gasteiger partial charge in [-0.25, -0.2) is 0 Å². The lowest BCUT2D eigenvalue weighted by atomic mass is 9.69. The van der Waals surface area contributed by atoms with E-state index in [1.807, 2.05) is 6.07 Å². The average molecular weight is 316 g/mol. The van der Waals surface area contributed by atoms with Crippen molar-refractivity contribution in [1.29, 1.82) is 0 Å². The third kappa shape index (κ3) is 2.78. The van der Waals surface area contributed by atoms with Crippen molar-refractivity contribution in [2.45, 2.75) is 37.5 Å². The highest BCUT2D eigenvalue weighted by molar-refractivity contribution is 5.80. The number of amides is 1. The van der Waals surface area contributed by atoms with Crippen LogP contribution in [0.15, 0.2) is 18.2 Å². The molecule has 0 atom stereocenters. The predicted molar refractivity (Wildman–Crippen MR) is 86.7 cm³/mol. The Bertz CT molecular complexity index is 592. The molecule has 23 heavy (non-hydrogen) atoms. The van der Waals surface area contributed by atoms with Gasteiger partial charge in [0.05, 0.1) is 5.92 Å². The van der Waals surface area contributed by atoms with Crippen molar-refractivity contribution < 1.29 is 14.3 Å². The lowest BCUT2D eigenvalue weighted by molar-refractivity contribution is -0.126. The topological polar surface area (TPSA) is 59.6 Å². The van der Waals surface area contributed by atoms with Crippen molar-refractivity contribution >= 4 is 5.91 Å². The molecule has 4 rings (SSSR count). The average Bonchev–Trinajstić information content (AvgIpc) is 3.00. The summed E-state index contributed by atoms with van der Waals surface area (Å²) in [6.45, 7) is 2.64. The number of fused-ring (bicyclic) bond motifs is 1. The minimum absolute atomic E-state index is 0.0338. The molecule has 2 N–H and O–H groups in total. The molecule has 0 bridgehead atoms. The number of hydrogen-bond donors (Lipinski definition) is 2. The molecular weight excluding hydrogens is 292 g/mol. The molecule has 1 amide bonds. The number of carbonyl (C=O) groups excluding carboxylic acids is 1. The predicted octanol–water partition coefficient (Wildman–Crippen LogP) is 1.95. The van der Waals surface area contributed by atoms with Crippen LogP contribution in [0.4, 0.5) is 0 Å². The third-order valence-electron chi connectivity index (χ3n) is 5.55. The maximum Gasteiger partial charge on any atom is 0.231 e. The molecule has 124 valence electrons. The lowest BCUT2D eigenvalue weighted by Gasteiger charge is -2.39. The van der Waals surface area contributed by atoms with Gasteiger partial charge >= 0.3 is 0 Å². The van der Waals surface area contributed by atoms with Gasteiger partial charge in [-0.2, -0.15) is 0 Å². The first kappa shape index (κ1) is 14.8. The van der Waals surface area contributed by atoms with Gasteiger partial charge in [0.15, 0.2) is 11.5 Å². The Morgan fingerprint density at radius 1 is 1.17 bits per heavy atom.